The first-order valence-corrected chi connectivity index (χ1v) is 12.3. The summed E-state index contributed by atoms with van der Waals surface area (Å²) in [6.07, 6.45) is -0.835. The molecule has 0 radical (unpaired) electrons. The lowest BCUT2D eigenvalue weighted by Crippen LogP contribution is -2.58. The van der Waals surface area contributed by atoms with Crippen molar-refractivity contribution in [3.63, 3.8) is 0 Å². The summed E-state index contributed by atoms with van der Waals surface area (Å²) in [6, 6.07) is 5.60. The largest absolute Gasteiger partial charge is 0.444 e. The van der Waals surface area contributed by atoms with E-state index in [-0.39, 0.29) is 24.5 Å². The van der Waals surface area contributed by atoms with Gasteiger partial charge in [0.15, 0.2) is 0 Å². The van der Waals surface area contributed by atoms with Gasteiger partial charge in [-0.15, -0.1) is 0 Å². The van der Waals surface area contributed by atoms with E-state index in [1.54, 1.807) is 4.90 Å². The van der Waals surface area contributed by atoms with Gasteiger partial charge in [-0.2, -0.15) is 0 Å². The van der Waals surface area contributed by atoms with Crippen LogP contribution in [0.25, 0.3) is 0 Å². The fraction of sp³-hybridized carbons (Fsp3) is 0.625. The molecule has 0 spiro atoms. The molecule has 0 bridgehead atoms. The van der Waals surface area contributed by atoms with Gasteiger partial charge in [-0.3, -0.25) is 10.1 Å². The Balaban J connectivity index is 1.51. The third-order valence-electron chi connectivity index (χ3n) is 5.36. The van der Waals surface area contributed by atoms with E-state index in [1.165, 1.54) is 0 Å². The Labute approximate surface area is 209 Å². The fourth-order valence-electron chi connectivity index (χ4n) is 3.81. The predicted molar refractivity (Wildman–Crippen MR) is 134 cm³/mol. The third-order valence-corrected chi connectivity index (χ3v) is 6.05. The van der Waals surface area contributed by atoms with Crippen molar-refractivity contribution in [3.05, 3.63) is 22.7 Å². The molecule has 188 valence electrons. The third kappa shape index (κ3) is 7.25. The first kappa shape index (κ1) is 26.1. The second kappa shape index (κ2) is 10.0. The normalized spacial score (nSPS) is 17.4. The van der Waals surface area contributed by atoms with Gasteiger partial charge in [0.05, 0.1) is 12.2 Å². The first-order chi connectivity index (χ1) is 15.7. The summed E-state index contributed by atoms with van der Waals surface area (Å²) in [5.41, 5.74) is 0.325. The molecule has 0 unspecified atom stereocenters. The molecule has 2 saturated heterocycles. The van der Waals surface area contributed by atoms with Gasteiger partial charge in [0, 0.05) is 48.8 Å². The van der Waals surface area contributed by atoms with Crippen LogP contribution in [0.2, 0.25) is 0 Å². The van der Waals surface area contributed by atoms with Crippen molar-refractivity contribution in [3.8, 4) is 0 Å². The Hall–Kier alpha value is -2.49. The van der Waals surface area contributed by atoms with Gasteiger partial charge in [0.25, 0.3) is 0 Å². The Bertz CT molecular complexity index is 934. The van der Waals surface area contributed by atoms with Crippen LogP contribution in [0.4, 0.5) is 21.0 Å². The molecular weight excluding hydrogens is 504 g/mol. The molecule has 34 heavy (non-hydrogen) atoms. The second-order valence-electron chi connectivity index (χ2n) is 10.8. The molecule has 1 N–H and O–H groups in total. The molecule has 0 aliphatic carbocycles. The van der Waals surface area contributed by atoms with Crippen molar-refractivity contribution in [2.24, 2.45) is 5.92 Å². The van der Waals surface area contributed by atoms with Gasteiger partial charge in [0.1, 0.15) is 11.2 Å². The number of rotatable bonds is 4. The summed E-state index contributed by atoms with van der Waals surface area (Å²) in [4.78, 5) is 42.6. The summed E-state index contributed by atoms with van der Waals surface area (Å²) in [7, 11) is 0. The quantitative estimate of drug-likeness (QED) is 0.614. The zero-order valence-corrected chi connectivity index (χ0v) is 22.4. The minimum Gasteiger partial charge on any atom is -0.444 e. The number of halogens is 1. The topological polar surface area (TPSA) is 91.4 Å². The summed E-state index contributed by atoms with van der Waals surface area (Å²) < 4.78 is 11.5. The number of likely N-dealkylation sites (tertiary alicyclic amines) is 1. The molecule has 9 nitrogen and oxygen atoms in total. The molecule has 2 fully saturated rings. The van der Waals surface area contributed by atoms with Gasteiger partial charge in [0.2, 0.25) is 5.91 Å². The van der Waals surface area contributed by atoms with Crippen LogP contribution in [0.3, 0.4) is 0 Å². The number of carbonyl (C=O) groups excluding carboxylic acids is 3. The number of amides is 3. The Morgan fingerprint density at radius 3 is 2.29 bits per heavy atom. The molecule has 10 heteroatoms. The van der Waals surface area contributed by atoms with Crippen molar-refractivity contribution in [2.75, 3.05) is 49.5 Å². The van der Waals surface area contributed by atoms with Gasteiger partial charge in [-0.25, -0.2) is 9.59 Å². The Kier molecular flexibility index (Phi) is 7.69. The van der Waals surface area contributed by atoms with Gasteiger partial charge < -0.3 is 24.2 Å². The zero-order chi connectivity index (χ0) is 25.3. The minimum atomic E-state index is -0.596. The van der Waals surface area contributed by atoms with Crippen molar-refractivity contribution in [1.29, 1.82) is 0 Å². The highest BCUT2D eigenvalue weighted by molar-refractivity contribution is 9.10. The Morgan fingerprint density at radius 2 is 1.71 bits per heavy atom. The summed E-state index contributed by atoms with van der Waals surface area (Å²) in [5.74, 6) is 0.312. The molecule has 2 aliphatic rings. The van der Waals surface area contributed by atoms with E-state index in [4.69, 9.17) is 9.47 Å². The zero-order valence-electron chi connectivity index (χ0n) is 20.8. The molecule has 1 aromatic carbocycles. The number of anilines is 2. The van der Waals surface area contributed by atoms with Crippen LogP contribution in [0, 0.1) is 5.92 Å². The summed E-state index contributed by atoms with van der Waals surface area (Å²) in [6.45, 7) is 14.4. The molecular formula is C24H35BrN4O5. The van der Waals surface area contributed by atoms with E-state index >= 15 is 0 Å². The maximum Gasteiger partial charge on any atom is 0.412 e. The number of ether oxygens (including phenoxy) is 2. The van der Waals surface area contributed by atoms with Crippen LogP contribution in [-0.2, 0) is 14.3 Å². The number of hydrogen-bond acceptors (Lipinski definition) is 6. The molecule has 3 rings (SSSR count). The standard InChI is InChI=1S/C24H35BrN4O5/c1-23(2,3)33-21(31)26-19-11-17(7-8-18(19)25)27-9-10-28(20(30)15-27)12-16-13-29(14-16)22(32)34-24(4,5)6/h7-8,11,16H,9-10,12-15H2,1-6H3,(H,26,31). The van der Waals surface area contributed by atoms with E-state index < -0.39 is 17.3 Å². The molecule has 2 heterocycles. The number of piperazine rings is 1. The molecule has 2 aliphatic heterocycles. The number of hydrogen-bond donors (Lipinski definition) is 1. The molecule has 0 saturated carbocycles. The highest BCUT2D eigenvalue weighted by Gasteiger charge is 2.36. The van der Waals surface area contributed by atoms with Crippen molar-refractivity contribution in [2.45, 2.75) is 52.7 Å². The summed E-state index contributed by atoms with van der Waals surface area (Å²) >= 11 is 3.46. The number of nitrogens with one attached hydrogen (secondary N) is 1. The van der Waals surface area contributed by atoms with Gasteiger partial charge >= 0.3 is 12.2 Å². The fourth-order valence-corrected chi connectivity index (χ4v) is 4.16. The van der Waals surface area contributed by atoms with Crippen LogP contribution in [0.15, 0.2) is 22.7 Å². The van der Waals surface area contributed by atoms with E-state index in [0.717, 1.165) is 10.2 Å². The second-order valence-corrected chi connectivity index (χ2v) is 11.7. The van der Waals surface area contributed by atoms with E-state index in [2.05, 4.69) is 21.2 Å². The smallest absolute Gasteiger partial charge is 0.412 e. The van der Waals surface area contributed by atoms with Crippen molar-refractivity contribution in [1.82, 2.24) is 9.80 Å². The predicted octanol–water partition coefficient (Wildman–Crippen LogP) is 4.31. The molecule has 0 aromatic heterocycles. The van der Waals surface area contributed by atoms with Crippen LogP contribution < -0.4 is 10.2 Å². The lowest BCUT2D eigenvalue weighted by Gasteiger charge is -2.43. The van der Waals surface area contributed by atoms with Gasteiger partial charge in [-0.1, -0.05) is 0 Å². The van der Waals surface area contributed by atoms with Crippen molar-refractivity contribution >= 4 is 45.4 Å². The number of benzene rings is 1. The number of carbonyl (C=O) groups is 3. The maximum absolute atomic E-state index is 12.8. The van der Waals surface area contributed by atoms with E-state index in [1.807, 2.05) is 69.5 Å². The highest BCUT2D eigenvalue weighted by atomic mass is 79.9. The SMILES string of the molecule is CC(C)(C)OC(=O)Nc1cc(N2CCN(CC3CN(C(=O)OC(C)(C)C)C3)C(=O)C2)ccc1Br. The monoisotopic (exact) mass is 538 g/mol. The van der Waals surface area contributed by atoms with Crippen LogP contribution in [-0.4, -0.2) is 78.4 Å². The highest BCUT2D eigenvalue weighted by Crippen LogP contribution is 2.30. The maximum atomic E-state index is 12.8. The van der Waals surface area contributed by atoms with Crippen LogP contribution in [0.1, 0.15) is 41.5 Å². The number of nitrogens with zero attached hydrogens (tertiary/aromatic N) is 3. The van der Waals surface area contributed by atoms with E-state index in [0.29, 0.717) is 38.4 Å². The minimum absolute atomic E-state index is 0.0477. The first-order valence-electron chi connectivity index (χ1n) is 11.5. The molecule has 3 amide bonds. The average Bonchev–Trinajstić information content (AvgIpc) is 2.64. The molecule has 0 atom stereocenters. The van der Waals surface area contributed by atoms with Gasteiger partial charge in [-0.05, 0) is 75.7 Å². The lowest BCUT2D eigenvalue weighted by atomic mass is 9.99. The summed E-state index contributed by atoms with van der Waals surface area (Å²) in [5, 5.41) is 2.76. The van der Waals surface area contributed by atoms with Crippen LogP contribution >= 0.6 is 15.9 Å². The average molecular weight is 539 g/mol. The Morgan fingerprint density at radius 1 is 1.06 bits per heavy atom. The van der Waals surface area contributed by atoms with E-state index in [9.17, 15) is 14.4 Å². The lowest BCUT2D eigenvalue weighted by molar-refractivity contribution is -0.132. The van der Waals surface area contributed by atoms with Crippen LogP contribution in [0.5, 0.6) is 0 Å². The van der Waals surface area contributed by atoms with Crippen molar-refractivity contribution < 1.29 is 23.9 Å². The molecule has 1 aromatic rings.